The zero-order valence-electron chi connectivity index (χ0n) is 12.8. The van der Waals surface area contributed by atoms with Crippen LogP contribution >= 0.6 is 0 Å². The first-order chi connectivity index (χ1) is 10.8. The van der Waals surface area contributed by atoms with Crippen LogP contribution in [0.3, 0.4) is 0 Å². The molecule has 0 bridgehead atoms. The molecule has 116 valence electrons. The number of rotatable bonds is 6. The van der Waals surface area contributed by atoms with Crippen LogP contribution in [0.5, 0.6) is 5.75 Å². The summed E-state index contributed by atoms with van der Waals surface area (Å²) in [6, 6.07) is 18.8. The minimum Gasteiger partial charge on any atom is -0.489 e. The Bertz CT molecular complexity index is 568. The molecule has 1 heterocycles. The molecule has 3 heteroatoms. The lowest BCUT2D eigenvalue weighted by Crippen LogP contribution is -2.31. The van der Waals surface area contributed by atoms with Crippen molar-refractivity contribution in [3.05, 3.63) is 65.7 Å². The molecule has 1 saturated heterocycles. The van der Waals surface area contributed by atoms with E-state index in [1.54, 1.807) is 0 Å². The fourth-order valence-corrected chi connectivity index (χ4v) is 2.98. The van der Waals surface area contributed by atoms with Gasteiger partial charge in [0.2, 0.25) is 0 Å². The molecule has 0 radical (unpaired) electrons. The second-order valence-corrected chi connectivity index (χ2v) is 5.87. The van der Waals surface area contributed by atoms with Crippen molar-refractivity contribution in [2.24, 2.45) is 0 Å². The van der Waals surface area contributed by atoms with Crippen LogP contribution in [0.15, 0.2) is 54.6 Å². The molecule has 1 aliphatic rings. The molecule has 0 spiro atoms. The summed E-state index contributed by atoms with van der Waals surface area (Å²) in [5, 5.41) is 9.38. The molecule has 0 amide bonds. The highest BCUT2D eigenvalue weighted by atomic mass is 16.5. The molecule has 3 nitrogen and oxygen atoms in total. The number of hydrogen-bond acceptors (Lipinski definition) is 3. The monoisotopic (exact) mass is 297 g/mol. The minimum absolute atomic E-state index is 0.262. The quantitative estimate of drug-likeness (QED) is 0.888. The molecular weight excluding hydrogens is 274 g/mol. The third-order valence-corrected chi connectivity index (χ3v) is 4.27. The summed E-state index contributed by atoms with van der Waals surface area (Å²) in [6.07, 6.45) is 2.29. The average Bonchev–Trinajstić information content (AvgIpc) is 3.02. The molecule has 1 aliphatic heterocycles. The fraction of sp³-hybridized carbons (Fsp3) is 0.368. The van der Waals surface area contributed by atoms with Gasteiger partial charge in [0, 0.05) is 12.6 Å². The maximum atomic E-state index is 9.38. The average molecular weight is 297 g/mol. The third-order valence-electron chi connectivity index (χ3n) is 4.27. The van der Waals surface area contributed by atoms with E-state index >= 15 is 0 Å². The van der Waals surface area contributed by atoms with Crippen LogP contribution in [0.2, 0.25) is 0 Å². The molecule has 3 rings (SSSR count). The van der Waals surface area contributed by atoms with Crippen molar-refractivity contribution in [3.63, 3.8) is 0 Å². The van der Waals surface area contributed by atoms with E-state index in [2.05, 4.69) is 29.2 Å². The van der Waals surface area contributed by atoms with Gasteiger partial charge in [-0.1, -0.05) is 42.5 Å². The van der Waals surface area contributed by atoms with E-state index in [4.69, 9.17) is 4.74 Å². The summed E-state index contributed by atoms with van der Waals surface area (Å²) in [7, 11) is 0. The Morgan fingerprint density at radius 1 is 1.00 bits per heavy atom. The molecule has 2 aromatic carbocycles. The summed E-state index contributed by atoms with van der Waals surface area (Å²) < 4.78 is 5.81. The van der Waals surface area contributed by atoms with Crippen LogP contribution in [0.25, 0.3) is 0 Å². The molecule has 1 atom stereocenters. The SMILES string of the molecule is OC[C@@H]1CCCN1Cc1ccc(OCc2ccccc2)cc1. The summed E-state index contributed by atoms with van der Waals surface area (Å²) >= 11 is 0. The Kier molecular flexibility index (Phi) is 5.09. The van der Waals surface area contributed by atoms with Gasteiger partial charge in [-0.05, 0) is 42.6 Å². The second-order valence-electron chi connectivity index (χ2n) is 5.87. The van der Waals surface area contributed by atoms with Crippen LogP contribution in [0.1, 0.15) is 24.0 Å². The van der Waals surface area contributed by atoms with Crippen LogP contribution < -0.4 is 4.74 Å². The van der Waals surface area contributed by atoms with Crippen molar-refractivity contribution in [1.29, 1.82) is 0 Å². The van der Waals surface area contributed by atoms with Gasteiger partial charge in [0.25, 0.3) is 0 Å². The van der Waals surface area contributed by atoms with E-state index in [0.29, 0.717) is 12.6 Å². The number of likely N-dealkylation sites (tertiary alicyclic amines) is 1. The normalized spacial score (nSPS) is 18.5. The maximum absolute atomic E-state index is 9.38. The Hall–Kier alpha value is -1.84. The standard InChI is InChI=1S/C19H23NO2/c21-14-18-7-4-12-20(18)13-16-8-10-19(11-9-16)22-15-17-5-2-1-3-6-17/h1-3,5-6,8-11,18,21H,4,7,12-15H2/t18-/m0/s1. The number of nitrogens with zero attached hydrogens (tertiary/aromatic N) is 1. The summed E-state index contributed by atoms with van der Waals surface area (Å²) in [6.45, 7) is 2.85. The Morgan fingerprint density at radius 2 is 1.77 bits per heavy atom. The summed E-state index contributed by atoms with van der Waals surface area (Å²) in [4.78, 5) is 2.36. The largest absolute Gasteiger partial charge is 0.489 e. The van der Waals surface area contributed by atoms with Crippen LogP contribution in [0, 0.1) is 0 Å². The number of benzene rings is 2. The summed E-state index contributed by atoms with van der Waals surface area (Å²) in [5.41, 5.74) is 2.45. The lowest BCUT2D eigenvalue weighted by molar-refractivity contribution is 0.153. The topological polar surface area (TPSA) is 32.7 Å². The minimum atomic E-state index is 0.262. The number of ether oxygens (including phenoxy) is 1. The van der Waals surface area contributed by atoms with E-state index in [1.807, 2.05) is 30.3 Å². The van der Waals surface area contributed by atoms with Gasteiger partial charge in [0.15, 0.2) is 0 Å². The molecule has 2 aromatic rings. The molecular formula is C19H23NO2. The number of aliphatic hydroxyl groups is 1. The highest BCUT2D eigenvalue weighted by Crippen LogP contribution is 2.21. The molecule has 22 heavy (non-hydrogen) atoms. The number of hydrogen-bond donors (Lipinski definition) is 1. The lowest BCUT2D eigenvalue weighted by Gasteiger charge is -2.22. The third kappa shape index (κ3) is 3.87. The fourth-order valence-electron chi connectivity index (χ4n) is 2.98. The van der Waals surface area contributed by atoms with E-state index in [-0.39, 0.29) is 6.61 Å². The Labute approximate surface area is 132 Å². The predicted molar refractivity (Wildman–Crippen MR) is 87.7 cm³/mol. The smallest absolute Gasteiger partial charge is 0.119 e. The zero-order chi connectivity index (χ0) is 15.2. The van der Waals surface area contributed by atoms with Crippen molar-refractivity contribution in [1.82, 2.24) is 4.90 Å². The van der Waals surface area contributed by atoms with Crippen molar-refractivity contribution in [2.75, 3.05) is 13.2 Å². The van der Waals surface area contributed by atoms with Crippen LogP contribution in [-0.2, 0) is 13.2 Å². The molecule has 1 N–H and O–H groups in total. The van der Waals surface area contributed by atoms with Crippen molar-refractivity contribution >= 4 is 0 Å². The Morgan fingerprint density at radius 3 is 2.50 bits per heavy atom. The molecule has 0 aliphatic carbocycles. The lowest BCUT2D eigenvalue weighted by atomic mass is 10.2. The van der Waals surface area contributed by atoms with Gasteiger partial charge in [-0.3, -0.25) is 4.90 Å². The van der Waals surface area contributed by atoms with Crippen molar-refractivity contribution < 1.29 is 9.84 Å². The molecule has 1 fully saturated rings. The van der Waals surface area contributed by atoms with Gasteiger partial charge < -0.3 is 9.84 Å². The van der Waals surface area contributed by atoms with Crippen LogP contribution in [0.4, 0.5) is 0 Å². The Balaban J connectivity index is 1.54. The highest BCUT2D eigenvalue weighted by Gasteiger charge is 2.23. The zero-order valence-corrected chi connectivity index (χ0v) is 12.8. The number of aliphatic hydroxyl groups excluding tert-OH is 1. The van der Waals surface area contributed by atoms with Gasteiger partial charge in [-0.25, -0.2) is 0 Å². The van der Waals surface area contributed by atoms with Gasteiger partial charge in [0.05, 0.1) is 6.61 Å². The van der Waals surface area contributed by atoms with Crippen molar-refractivity contribution in [2.45, 2.75) is 32.0 Å². The van der Waals surface area contributed by atoms with E-state index in [9.17, 15) is 5.11 Å². The first-order valence-corrected chi connectivity index (χ1v) is 7.96. The van der Waals surface area contributed by atoms with E-state index in [1.165, 1.54) is 17.5 Å². The second kappa shape index (κ2) is 7.43. The van der Waals surface area contributed by atoms with Gasteiger partial charge in [-0.15, -0.1) is 0 Å². The molecule has 0 saturated carbocycles. The highest BCUT2D eigenvalue weighted by molar-refractivity contribution is 5.28. The van der Waals surface area contributed by atoms with Crippen LogP contribution in [-0.4, -0.2) is 29.2 Å². The summed E-state index contributed by atoms with van der Waals surface area (Å²) in [5.74, 6) is 0.896. The molecule has 0 unspecified atom stereocenters. The van der Waals surface area contributed by atoms with Crippen molar-refractivity contribution in [3.8, 4) is 5.75 Å². The van der Waals surface area contributed by atoms with E-state index in [0.717, 1.165) is 25.3 Å². The molecule has 0 aromatic heterocycles. The predicted octanol–water partition coefficient (Wildman–Crippen LogP) is 3.22. The first-order valence-electron chi connectivity index (χ1n) is 7.96. The maximum Gasteiger partial charge on any atom is 0.119 e. The van der Waals surface area contributed by atoms with E-state index < -0.39 is 0 Å². The van der Waals surface area contributed by atoms with Gasteiger partial charge in [-0.2, -0.15) is 0 Å². The van der Waals surface area contributed by atoms with Gasteiger partial charge >= 0.3 is 0 Å². The van der Waals surface area contributed by atoms with Gasteiger partial charge in [0.1, 0.15) is 12.4 Å². The first kappa shape index (κ1) is 15.1.